The van der Waals surface area contributed by atoms with Crippen LogP contribution in [-0.2, 0) is 0 Å². The van der Waals surface area contributed by atoms with E-state index in [0.717, 1.165) is 18.3 Å². The fraction of sp³-hybridized carbons (Fsp3) is 0.375. The Hall–Kier alpha value is -1.67. The fourth-order valence-electron chi connectivity index (χ4n) is 0.957. The van der Waals surface area contributed by atoms with E-state index in [9.17, 15) is 26.3 Å². The number of hydrogen-bond acceptors (Lipinski definition) is 3. The smallest absolute Gasteiger partial charge is 0.434 e. The van der Waals surface area contributed by atoms with Crippen LogP contribution >= 0.6 is 0 Å². The standard InChI is InChI=1S/C8H6F6N2O/c9-7(10,11)6(8(12,13)14)17-4-1-2-16-5(15)3-4/h1-3,6H,(H2,15,16). The molecular weight excluding hydrogens is 254 g/mol. The lowest BCUT2D eigenvalue weighted by Crippen LogP contribution is -2.46. The van der Waals surface area contributed by atoms with Gasteiger partial charge in [-0.15, -0.1) is 0 Å². The van der Waals surface area contributed by atoms with E-state index in [1.54, 1.807) is 0 Å². The Labute approximate surface area is 91.2 Å². The first-order chi connectivity index (χ1) is 7.60. The number of halogens is 6. The lowest BCUT2D eigenvalue weighted by atomic mass is 10.3. The van der Waals surface area contributed by atoms with Gasteiger partial charge in [0.1, 0.15) is 11.6 Å². The Morgan fingerprint density at radius 1 is 1.12 bits per heavy atom. The lowest BCUT2D eigenvalue weighted by molar-refractivity contribution is -0.299. The monoisotopic (exact) mass is 260 g/mol. The predicted octanol–water partition coefficient (Wildman–Crippen LogP) is 2.54. The Kier molecular flexibility index (Phi) is 3.39. The number of alkyl halides is 6. The van der Waals surface area contributed by atoms with Crippen LogP contribution in [0.1, 0.15) is 0 Å². The molecule has 1 aromatic rings. The van der Waals surface area contributed by atoms with Crippen LogP contribution in [0.15, 0.2) is 18.3 Å². The first kappa shape index (κ1) is 13.4. The molecule has 0 unspecified atom stereocenters. The number of aromatic nitrogens is 1. The average Bonchev–Trinajstić information content (AvgIpc) is 2.10. The van der Waals surface area contributed by atoms with Crippen LogP contribution in [0.4, 0.5) is 32.2 Å². The van der Waals surface area contributed by atoms with Gasteiger partial charge in [0.25, 0.3) is 6.10 Å². The zero-order valence-corrected chi connectivity index (χ0v) is 8.01. The highest BCUT2D eigenvalue weighted by Crippen LogP contribution is 2.36. The van der Waals surface area contributed by atoms with E-state index in [1.165, 1.54) is 0 Å². The minimum Gasteiger partial charge on any atom is -0.471 e. The molecule has 0 bridgehead atoms. The van der Waals surface area contributed by atoms with Gasteiger partial charge in [-0.2, -0.15) is 26.3 Å². The first-order valence-electron chi connectivity index (χ1n) is 4.12. The van der Waals surface area contributed by atoms with E-state index in [0.29, 0.717) is 0 Å². The van der Waals surface area contributed by atoms with Crippen LogP contribution in [0, 0.1) is 0 Å². The van der Waals surface area contributed by atoms with Crippen LogP contribution in [0.3, 0.4) is 0 Å². The molecular formula is C8H6F6N2O. The maximum atomic E-state index is 12.1. The highest BCUT2D eigenvalue weighted by molar-refractivity contribution is 5.35. The molecule has 0 aliphatic rings. The molecule has 0 saturated carbocycles. The van der Waals surface area contributed by atoms with Gasteiger partial charge in [-0.3, -0.25) is 0 Å². The molecule has 0 aromatic carbocycles. The minimum atomic E-state index is -5.56. The van der Waals surface area contributed by atoms with Crippen molar-refractivity contribution in [1.29, 1.82) is 0 Å². The van der Waals surface area contributed by atoms with Crippen molar-refractivity contribution >= 4 is 5.82 Å². The van der Waals surface area contributed by atoms with Crippen LogP contribution in [-0.4, -0.2) is 23.4 Å². The van der Waals surface area contributed by atoms with Crippen molar-refractivity contribution in [2.75, 3.05) is 5.73 Å². The SMILES string of the molecule is Nc1cc(OC(C(F)(F)F)C(F)(F)F)ccn1. The van der Waals surface area contributed by atoms with E-state index >= 15 is 0 Å². The zero-order valence-electron chi connectivity index (χ0n) is 8.01. The van der Waals surface area contributed by atoms with Gasteiger partial charge in [0.05, 0.1) is 0 Å². The second-order valence-electron chi connectivity index (χ2n) is 3.00. The third-order valence-corrected chi connectivity index (χ3v) is 1.60. The van der Waals surface area contributed by atoms with Gasteiger partial charge in [0.2, 0.25) is 0 Å². The van der Waals surface area contributed by atoms with Crippen molar-refractivity contribution in [3.05, 3.63) is 18.3 Å². The number of ether oxygens (including phenoxy) is 1. The predicted molar refractivity (Wildman–Crippen MR) is 45.2 cm³/mol. The Balaban J connectivity index is 2.96. The Morgan fingerprint density at radius 3 is 2.06 bits per heavy atom. The molecule has 96 valence electrons. The molecule has 0 saturated heterocycles. The van der Waals surface area contributed by atoms with Gasteiger partial charge >= 0.3 is 12.4 Å². The summed E-state index contributed by atoms with van der Waals surface area (Å²) in [5, 5.41) is 0. The van der Waals surface area contributed by atoms with Crippen LogP contribution in [0.2, 0.25) is 0 Å². The van der Waals surface area contributed by atoms with Crippen LogP contribution < -0.4 is 10.5 Å². The summed E-state index contributed by atoms with van der Waals surface area (Å²) in [5.41, 5.74) is 5.10. The number of rotatable bonds is 2. The highest BCUT2D eigenvalue weighted by atomic mass is 19.4. The quantitative estimate of drug-likeness (QED) is 0.831. The number of anilines is 1. The van der Waals surface area contributed by atoms with Crippen LogP contribution in [0.5, 0.6) is 5.75 Å². The van der Waals surface area contributed by atoms with Gasteiger partial charge < -0.3 is 10.5 Å². The highest BCUT2D eigenvalue weighted by Gasteiger charge is 2.59. The van der Waals surface area contributed by atoms with Crippen LogP contribution in [0.25, 0.3) is 0 Å². The molecule has 17 heavy (non-hydrogen) atoms. The molecule has 0 aliphatic heterocycles. The van der Waals surface area contributed by atoms with Crippen molar-refractivity contribution in [2.45, 2.75) is 18.5 Å². The summed E-state index contributed by atoms with van der Waals surface area (Å²) in [5.74, 6) is -0.900. The van der Waals surface area contributed by atoms with Crippen molar-refractivity contribution in [3.8, 4) is 5.75 Å². The van der Waals surface area contributed by atoms with E-state index < -0.39 is 24.2 Å². The summed E-state index contributed by atoms with van der Waals surface area (Å²) in [4.78, 5) is 3.41. The van der Waals surface area contributed by atoms with Gasteiger partial charge in [0.15, 0.2) is 0 Å². The molecule has 0 spiro atoms. The molecule has 2 N–H and O–H groups in total. The van der Waals surface area contributed by atoms with Crippen molar-refractivity contribution in [3.63, 3.8) is 0 Å². The van der Waals surface area contributed by atoms with Gasteiger partial charge in [-0.1, -0.05) is 0 Å². The first-order valence-corrected chi connectivity index (χ1v) is 4.12. The maximum Gasteiger partial charge on any atom is 0.434 e. The molecule has 0 amide bonds. The number of nitrogen functional groups attached to an aromatic ring is 1. The van der Waals surface area contributed by atoms with E-state index in [2.05, 4.69) is 9.72 Å². The molecule has 1 rings (SSSR count). The minimum absolute atomic E-state index is 0.245. The van der Waals surface area contributed by atoms with Crippen molar-refractivity contribution < 1.29 is 31.1 Å². The Morgan fingerprint density at radius 2 is 1.65 bits per heavy atom. The third-order valence-electron chi connectivity index (χ3n) is 1.60. The lowest BCUT2D eigenvalue weighted by Gasteiger charge is -2.23. The molecule has 0 atom stereocenters. The number of nitrogens with two attached hydrogens (primary N) is 1. The third kappa shape index (κ3) is 3.68. The molecule has 1 aromatic heterocycles. The number of pyridine rings is 1. The van der Waals surface area contributed by atoms with Crippen molar-refractivity contribution in [1.82, 2.24) is 4.98 Å². The molecule has 1 heterocycles. The topological polar surface area (TPSA) is 48.1 Å². The summed E-state index contributed by atoms with van der Waals surface area (Å²) in [7, 11) is 0. The molecule has 3 nitrogen and oxygen atoms in total. The molecule has 0 aliphatic carbocycles. The second kappa shape index (κ2) is 4.30. The van der Waals surface area contributed by atoms with Crippen molar-refractivity contribution in [2.24, 2.45) is 0 Å². The normalized spacial score (nSPS) is 12.9. The fourth-order valence-corrected chi connectivity index (χ4v) is 0.957. The second-order valence-corrected chi connectivity index (χ2v) is 3.00. The van der Waals surface area contributed by atoms with Gasteiger partial charge in [0, 0.05) is 12.3 Å². The average molecular weight is 260 g/mol. The van der Waals surface area contributed by atoms with Gasteiger partial charge in [-0.25, -0.2) is 4.98 Å². The summed E-state index contributed by atoms with van der Waals surface area (Å²) in [6, 6.07) is 1.62. The zero-order chi connectivity index (χ0) is 13.3. The number of nitrogens with zero attached hydrogens (tertiary/aromatic N) is 1. The summed E-state index contributed by atoms with van der Waals surface area (Å²) < 4.78 is 76.5. The van der Waals surface area contributed by atoms with E-state index in [4.69, 9.17) is 5.73 Å². The van der Waals surface area contributed by atoms with Gasteiger partial charge in [-0.05, 0) is 6.07 Å². The molecule has 0 fully saturated rings. The maximum absolute atomic E-state index is 12.1. The number of hydrogen-bond donors (Lipinski definition) is 1. The largest absolute Gasteiger partial charge is 0.471 e. The Bertz CT molecular complexity index is 374. The summed E-state index contributed by atoms with van der Waals surface area (Å²) in [6.45, 7) is 0. The van der Waals surface area contributed by atoms with E-state index in [1.807, 2.05) is 0 Å². The molecule has 9 heteroatoms. The summed E-state index contributed by atoms with van der Waals surface area (Å²) >= 11 is 0. The molecule has 0 radical (unpaired) electrons. The van der Waals surface area contributed by atoms with E-state index in [-0.39, 0.29) is 5.82 Å². The summed E-state index contributed by atoms with van der Waals surface area (Å²) in [6.07, 6.45) is -14.1.